The second kappa shape index (κ2) is 15.0. The number of nitrogens with zero attached hydrogens (tertiary/aromatic N) is 1. The zero-order chi connectivity index (χ0) is 26.4. The van der Waals surface area contributed by atoms with Gasteiger partial charge in [0.1, 0.15) is 24.2 Å². The van der Waals surface area contributed by atoms with Crippen LogP contribution in [0.3, 0.4) is 0 Å². The van der Waals surface area contributed by atoms with Gasteiger partial charge in [0.15, 0.2) is 5.96 Å². The number of carbonyl (C=O) groups excluding carboxylic acids is 4. The topological polar surface area (TPSA) is 316 Å². The van der Waals surface area contributed by atoms with Gasteiger partial charge in [-0.2, -0.15) is 0 Å². The fourth-order valence-corrected chi connectivity index (χ4v) is 2.46. The van der Waals surface area contributed by atoms with Gasteiger partial charge in [-0.15, -0.1) is 0 Å². The van der Waals surface area contributed by atoms with Crippen LogP contribution in [0.15, 0.2) is 4.99 Å². The molecule has 0 spiro atoms. The highest BCUT2D eigenvalue weighted by molar-refractivity contribution is 5.97. The van der Waals surface area contributed by atoms with Crippen molar-refractivity contribution in [2.75, 3.05) is 13.2 Å². The summed E-state index contributed by atoms with van der Waals surface area (Å²) in [6, 6.07) is -6.32. The van der Waals surface area contributed by atoms with Crippen molar-refractivity contribution in [3.63, 3.8) is 0 Å². The number of amides is 4. The molecule has 0 aliphatic heterocycles. The Bertz CT molecular complexity index is 800. The molecule has 4 amide bonds. The molecule has 0 radical (unpaired) electrons. The lowest BCUT2D eigenvalue weighted by atomic mass is 10.1. The van der Waals surface area contributed by atoms with E-state index in [1.165, 1.54) is 0 Å². The number of carboxylic acid groups (broad SMARTS) is 2. The third-order valence-corrected chi connectivity index (χ3v) is 4.14. The van der Waals surface area contributed by atoms with E-state index in [2.05, 4.69) is 15.6 Å². The Hall–Kier alpha value is -3.99. The first kappa shape index (κ1) is 30.0. The Kier molecular flexibility index (Phi) is 13.2. The lowest BCUT2D eigenvalue weighted by molar-refractivity contribution is -0.144. The van der Waals surface area contributed by atoms with E-state index in [0.29, 0.717) is 0 Å². The minimum absolute atomic E-state index is 0.0712. The van der Waals surface area contributed by atoms with Crippen LogP contribution < -0.4 is 38.9 Å². The molecule has 0 rings (SSSR count). The van der Waals surface area contributed by atoms with Crippen LogP contribution in [0.2, 0.25) is 0 Å². The average molecular weight is 490 g/mol. The molecule has 0 saturated heterocycles. The Labute approximate surface area is 193 Å². The van der Waals surface area contributed by atoms with E-state index in [-0.39, 0.29) is 25.3 Å². The van der Waals surface area contributed by atoms with Crippen LogP contribution in [0.4, 0.5) is 0 Å². The molecule has 4 unspecified atom stereocenters. The smallest absolute Gasteiger partial charge is 0.326 e. The first-order valence-electron chi connectivity index (χ1n) is 9.84. The van der Waals surface area contributed by atoms with Crippen LogP contribution in [-0.4, -0.2) is 94.2 Å². The summed E-state index contributed by atoms with van der Waals surface area (Å²) >= 11 is 0. The second-order valence-corrected chi connectivity index (χ2v) is 7.03. The van der Waals surface area contributed by atoms with Crippen LogP contribution in [-0.2, 0) is 28.8 Å². The van der Waals surface area contributed by atoms with Crippen molar-refractivity contribution in [2.24, 2.45) is 27.9 Å². The number of carboxylic acids is 2. The maximum Gasteiger partial charge on any atom is 0.326 e. The first-order valence-corrected chi connectivity index (χ1v) is 9.84. The van der Waals surface area contributed by atoms with Crippen molar-refractivity contribution in [1.29, 1.82) is 0 Å². The normalized spacial score (nSPS) is 13.9. The van der Waals surface area contributed by atoms with Gasteiger partial charge in [-0.1, -0.05) is 0 Å². The van der Waals surface area contributed by atoms with Gasteiger partial charge in [0, 0.05) is 6.54 Å². The number of nitrogens with one attached hydrogen (secondary N) is 3. The molecule has 34 heavy (non-hydrogen) atoms. The molecule has 14 N–H and O–H groups in total. The monoisotopic (exact) mass is 490 g/mol. The largest absolute Gasteiger partial charge is 0.481 e. The molecular formula is C17H30N8O9. The number of hydrogen-bond donors (Lipinski definition) is 10. The van der Waals surface area contributed by atoms with Gasteiger partial charge in [0.05, 0.1) is 19.4 Å². The Morgan fingerprint density at radius 1 is 0.794 bits per heavy atom. The van der Waals surface area contributed by atoms with E-state index < -0.39 is 79.2 Å². The van der Waals surface area contributed by atoms with E-state index in [1.807, 2.05) is 5.32 Å². The Morgan fingerprint density at radius 2 is 1.29 bits per heavy atom. The molecule has 192 valence electrons. The lowest BCUT2D eigenvalue weighted by Gasteiger charge is -2.24. The van der Waals surface area contributed by atoms with Gasteiger partial charge in [0.2, 0.25) is 23.6 Å². The molecule has 0 fully saturated rings. The van der Waals surface area contributed by atoms with Crippen molar-refractivity contribution >= 4 is 41.5 Å². The molecule has 0 aromatic heterocycles. The SMILES string of the molecule is NC(=O)CC(NC(=O)C(N)CO)C(=O)NC(CC(=O)O)C(=O)NC(CCCN=C(N)N)C(=O)O. The number of primary amides is 1. The van der Waals surface area contributed by atoms with Crippen molar-refractivity contribution < 1.29 is 44.1 Å². The van der Waals surface area contributed by atoms with Gasteiger partial charge in [0.25, 0.3) is 0 Å². The fourth-order valence-electron chi connectivity index (χ4n) is 2.46. The van der Waals surface area contributed by atoms with Crippen molar-refractivity contribution in [3.8, 4) is 0 Å². The van der Waals surface area contributed by atoms with Crippen LogP contribution in [0, 0.1) is 0 Å². The number of hydrogen-bond acceptors (Lipinski definition) is 9. The maximum absolute atomic E-state index is 12.6. The highest BCUT2D eigenvalue weighted by Crippen LogP contribution is 2.03. The molecule has 0 heterocycles. The minimum atomic E-state index is -1.77. The zero-order valence-electron chi connectivity index (χ0n) is 18.1. The minimum Gasteiger partial charge on any atom is -0.481 e. The van der Waals surface area contributed by atoms with Crippen LogP contribution in [0.1, 0.15) is 25.7 Å². The molecular weight excluding hydrogens is 460 g/mol. The summed E-state index contributed by atoms with van der Waals surface area (Å²) in [5, 5.41) is 33.5. The summed E-state index contributed by atoms with van der Waals surface area (Å²) in [6.07, 6.45) is -1.65. The molecule has 0 aliphatic rings. The zero-order valence-corrected chi connectivity index (χ0v) is 18.1. The third-order valence-electron chi connectivity index (χ3n) is 4.14. The summed E-state index contributed by atoms with van der Waals surface area (Å²) in [5.74, 6) is -7.52. The van der Waals surface area contributed by atoms with Gasteiger partial charge < -0.3 is 54.2 Å². The number of aliphatic imine (C=N–C) groups is 1. The van der Waals surface area contributed by atoms with Gasteiger partial charge in [-0.05, 0) is 12.8 Å². The molecule has 0 aromatic carbocycles. The Morgan fingerprint density at radius 3 is 1.74 bits per heavy atom. The van der Waals surface area contributed by atoms with E-state index >= 15 is 0 Å². The molecule has 0 aliphatic carbocycles. The van der Waals surface area contributed by atoms with Crippen molar-refractivity contribution in [1.82, 2.24) is 16.0 Å². The van der Waals surface area contributed by atoms with Crippen LogP contribution in [0.25, 0.3) is 0 Å². The van der Waals surface area contributed by atoms with E-state index in [9.17, 15) is 33.9 Å². The highest BCUT2D eigenvalue weighted by atomic mass is 16.4. The number of guanidine groups is 1. The second-order valence-electron chi connectivity index (χ2n) is 7.03. The number of nitrogens with two attached hydrogens (primary N) is 4. The lowest BCUT2D eigenvalue weighted by Crippen LogP contribution is -2.58. The summed E-state index contributed by atoms with van der Waals surface area (Å²) < 4.78 is 0. The van der Waals surface area contributed by atoms with Crippen molar-refractivity contribution in [3.05, 3.63) is 0 Å². The number of rotatable bonds is 16. The highest BCUT2D eigenvalue weighted by Gasteiger charge is 2.32. The summed E-state index contributed by atoms with van der Waals surface area (Å²) in [5.41, 5.74) is 20.7. The van der Waals surface area contributed by atoms with Gasteiger partial charge in [-0.3, -0.25) is 29.0 Å². The van der Waals surface area contributed by atoms with Gasteiger partial charge in [-0.25, -0.2) is 4.79 Å². The average Bonchev–Trinajstić information content (AvgIpc) is 2.72. The molecule has 17 heteroatoms. The third kappa shape index (κ3) is 12.2. The Balaban J connectivity index is 5.45. The number of aliphatic carboxylic acids is 2. The summed E-state index contributed by atoms with van der Waals surface area (Å²) in [4.78, 5) is 74.5. The summed E-state index contributed by atoms with van der Waals surface area (Å²) in [7, 11) is 0. The number of aliphatic hydroxyl groups is 1. The molecule has 0 aromatic rings. The van der Waals surface area contributed by atoms with Crippen LogP contribution in [0.5, 0.6) is 0 Å². The maximum atomic E-state index is 12.6. The molecule has 0 saturated carbocycles. The predicted molar refractivity (Wildman–Crippen MR) is 114 cm³/mol. The van der Waals surface area contributed by atoms with E-state index in [1.54, 1.807) is 0 Å². The van der Waals surface area contributed by atoms with Gasteiger partial charge >= 0.3 is 11.9 Å². The number of carbonyl (C=O) groups is 6. The fraction of sp³-hybridized carbons (Fsp3) is 0.588. The van der Waals surface area contributed by atoms with E-state index in [4.69, 9.17) is 33.1 Å². The molecule has 17 nitrogen and oxygen atoms in total. The molecule has 4 atom stereocenters. The first-order chi connectivity index (χ1) is 15.8. The number of aliphatic hydroxyl groups excluding tert-OH is 1. The standard InChI is InChI=1S/C17H30N8O9/c18-7(6-26)13(30)24-9(4-11(19)27)14(31)25-10(5-12(28)29)15(32)23-8(16(33)34)2-1-3-22-17(20)21/h7-10,26H,1-6,18H2,(H2,19,27)(H,23,32)(H,24,30)(H,25,31)(H,28,29)(H,33,34)(H4,20,21,22). The quantitative estimate of drug-likeness (QED) is 0.0549. The van der Waals surface area contributed by atoms with Crippen LogP contribution >= 0.6 is 0 Å². The molecule has 0 bridgehead atoms. The summed E-state index contributed by atoms with van der Waals surface area (Å²) in [6.45, 7) is -0.706. The predicted octanol–water partition coefficient (Wildman–Crippen LogP) is -5.75. The van der Waals surface area contributed by atoms with E-state index in [0.717, 1.165) is 0 Å². The van der Waals surface area contributed by atoms with Crippen molar-refractivity contribution in [2.45, 2.75) is 49.9 Å².